The minimum absolute atomic E-state index is 0.838. The van der Waals surface area contributed by atoms with Gasteiger partial charge >= 0.3 is 0 Å². The number of rotatable bonds is 3. The maximum Gasteiger partial charge on any atom is 0.0715 e. The van der Waals surface area contributed by atoms with Crippen LogP contribution in [0.3, 0.4) is 0 Å². The van der Waals surface area contributed by atoms with Gasteiger partial charge in [-0.15, -0.1) is 19.3 Å². The number of nitrogens with zero attached hydrogens (tertiary/aromatic N) is 1. The summed E-state index contributed by atoms with van der Waals surface area (Å²) in [6.45, 7) is 0. The van der Waals surface area contributed by atoms with Crippen LogP contribution in [0.5, 0.6) is 0 Å². The minimum Gasteiger partial charge on any atom is -0.248 e. The third-order valence-electron chi connectivity index (χ3n) is 4.90. The lowest BCUT2D eigenvalue weighted by atomic mass is 9.98. The summed E-state index contributed by atoms with van der Waals surface area (Å²) in [6, 6.07) is 27.8. The van der Waals surface area contributed by atoms with Crippen molar-refractivity contribution in [2.75, 3.05) is 0 Å². The van der Waals surface area contributed by atoms with Crippen LogP contribution in [0.2, 0.25) is 0 Å². The van der Waals surface area contributed by atoms with Crippen molar-refractivity contribution >= 4 is 0 Å². The lowest BCUT2D eigenvalue weighted by Gasteiger charge is -2.11. The standard InChI is InChI=1S/C29H17N/c1-4-21-7-13-24(14-8-21)27-19-28(25-15-9-22(5-2)10-16-25)30-29(20-27)26-17-11-23(6-3)12-18-26/h1-3,7-20H. The fraction of sp³-hybridized carbons (Fsp3) is 0. The predicted octanol–water partition coefficient (Wildman–Crippen LogP) is 6.03. The van der Waals surface area contributed by atoms with Crippen LogP contribution in [0.25, 0.3) is 33.6 Å². The summed E-state index contributed by atoms with van der Waals surface area (Å²) in [6.07, 6.45) is 16.5. The maximum atomic E-state index is 5.50. The van der Waals surface area contributed by atoms with E-state index in [2.05, 4.69) is 29.9 Å². The molecule has 0 atom stereocenters. The maximum absolute atomic E-state index is 5.50. The smallest absolute Gasteiger partial charge is 0.0715 e. The number of hydrogen-bond donors (Lipinski definition) is 0. The highest BCUT2D eigenvalue weighted by Crippen LogP contribution is 2.30. The Morgan fingerprint density at radius 1 is 0.433 bits per heavy atom. The van der Waals surface area contributed by atoms with Crippen molar-refractivity contribution in [1.82, 2.24) is 4.98 Å². The molecule has 0 aliphatic carbocycles. The molecule has 30 heavy (non-hydrogen) atoms. The molecule has 0 bridgehead atoms. The Hall–Kier alpha value is -4.51. The zero-order valence-electron chi connectivity index (χ0n) is 16.3. The number of aromatic nitrogens is 1. The molecule has 4 aromatic rings. The average Bonchev–Trinajstić information content (AvgIpc) is 2.84. The SMILES string of the molecule is C#Cc1ccc(-c2cc(-c3ccc(C#C)cc3)nc(-c3ccc(C#C)cc3)c2)cc1. The van der Waals surface area contributed by atoms with Gasteiger partial charge in [-0.3, -0.25) is 0 Å². The topological polar surface area (TPSA) is 12.9 Å². The van der Waals surface area contributed by atoms with Crippen LogP contribution in [-0.4, -0.2) is 4.98 Å². The van der Waals surface area contributed by atoms with Crippen LogP contribution in [0.4, 0.5) is 0 Å². The summed E-state index contributed by atoms with van der Waals surface area (Å²) in [7, 11) is 0. The van der Waals surface area contributed by atoms with Crippen molar-refractivity contribution in [3.05, 3.63) is 102 Å². The Kier molecular flexibility index (Phi) is 5.17. The zero-order chi connectivity index (χ0) is 20.9. The molecular formula is C29H17N. The van der Waals surface area contributed by atoms with E-state index in [1.807, 2.05) is 72.8 Å². The Labute approximate surface area is 177 Å². The van der Waals surface area contributed by atoms with Crippen molar-refractivity contribution in [3.8, 4) is 70.7 Å². The van der Waals surface area contributed by atoms with E-state index in [1.54, 1.807) is 0 Å². The molecule has 0 radical (unpaired) electrons. The second-order valence-electron chi connectivity index (χ2n) is 6.79. The molecule has 0 N–H and O–H groups in total. The molecule has 138 valence electrons. The van der Waals surface area contributed by atoms with Gasteiger partial charge in [0.15, 0.2) is 0 Å². The van der Waals surface area contributed by atoms with Crippen LogP contribution in [0.15, 0.2) is 84.9 Å². The first-order valence-corrected chi connectivity index (χ1v) is 9.43. The van der Waals surface area contributed by atoms with E-state index < -0.39 is 0 Å². The molecule has 0 aliphatic heterocycles. The van der Waals surface area contributed by atoms with Crippen LogP contribution in [-0.2, 0) is 0 Å². The molecule has 1 aromatic heterocycles. The summed E-state index contributed by atoms with van der Waals surface area (Å²) >= 11 is 0. The molecule has 1 heterocycles. The van der Waals surface area contributed by atoms with E-state index >= 15 is 0 Å². The van der Waals surface area contributed by atoms with Crippen molar-refractivity contribution in [3.63, 3.8) is 0 Å². The molecule has 1 heteroatoms. The first-order chi connectivity index (χ1) is 14.7. The van der Waals surface area contributed by atoms with Gasteiger partial charge in [0.1, 0.15) is 0 Å². The summed E-state index contributed by atoms with van der Waals surface area (Å²) < 4.78 is 0. The molecular weight excluding hydrogens is 362 g/mol. The lowest BCUT2D eigenvalue weighted by Crippen LogP contribution is -1.92. The third kappa shape index (κ3) is 3.86. The fourth-order valence-corrected chi connectivity index (χ4v) is 3.23. The molecule has 0 unspecified atom stereocenters. The highest BCUT2D eigenvalue weighted by Gasteiger charge is 2.09. The van der Waals surface area contributed by atoms with E-state index in [1.165, 1.54) is 0 Å². The monoisotopic (exact) mass is 379 g/mol. The van der Waals surface area contributed by atoms with Gasteiger partial charge in [0.25, 0.3) is 0 Å². The molecule has 0 aliphatic rings. The van der Waals surface area contributed by atoms with Gasteiger partial charge in [0.05, 0.1) is 11.4 Å². The van der Waals surface area contributed by atoms with Gasteiger partial charge in [-0.05, 0) is 59.7 Å². The highest BCUT2D eigenvalue weighted by molar-refractivity contribution is 5.77. The second-order valence-corrected chi connectivity index (χ2v) is 6.79. The number of pyridine rings is 1. The largest absolute Gasteiger partial charge is 0.248 e. The zero-order valence-corrected chi connectivity index (χ0v) is 16.3. The second kappa shape index (κ2) is 8.24. The van der Waals surface area contributed by atoms with Gasteiger partial charge in [0.2, 0.25) is 0 Å². The first-order valence-electron chi connectivity index (χ1n) is 9.43. The molecule has 3 aromatic carbocycles. The van der Waals surface area contributed by atoms with Crippen LogP contribution in [0.1, 0.15) is 16.7 Å². The number of hydrogen-bond acceptors (Lipinski definition) is 1. The van der Waals surface area contributed by atoms with Crippen molar-refractivity contribution in [1.29, 1.82) is 0 Å². The van der Waals surface area contributed by atoms with Gasteiger partial charge < -0.3 is 0 Å². The van der Waals surface area contributed by atoms with Crippen LogP contribution < -0.4 is 0 Å². The van der Waals surface area contributed by atoms with Gasteiger partial charge in [0, 0.05) is 27.8 Å². The minimum atomic E-state index is 0.838. The summed E-state index contributed by atoms with van der Waals surface area (Å²) in [5.74, 6) is 7.96. The number of terminal acetylenes is 3. The highest BCUT2D eigenvalue weighted by atomic mass is 14.7. The van der Waals surface area contributed by atoms with Crippen molar-refractivity contribution in [2.24, 2.45) is 0 Å². The Morgan fingerprint density at radius 2 is 0.767 bits per heavy atom. The summed E-state index contributed by atoms with van der Waals surface area (Å²) in [4.78, 5) is 4.91. The Balaban J connectivity index is 1.87. The molecule has 0 saturated heterocycles. The molecule has 0 spiro atoms. The van der Waals surface area contributed by atoms with Crippen molar-refractivity contribution in [2.45, 2.75) is 0 Å². The summed E-state index contributed by atoms with van der Waals surface area (Å²) in [5.41, 5.74) is 8.38. The Bertz CT molecular complexity index is 1140. The third-order valence-corrected chi connectivity index (χ3v) is 4.90. The molecule has 1 nitrogen and oxygen atoms in total. The molecule has 4 rings (SSSR count). The van der Waals surface area contributed by atoms with Gasteiger partial charge in [-0.2, -0.15) is 0 Å². The van der Waals surface area contributed by atoms with Crippen LogP contribution >= 0.6 is 0 Å². The van der Waals surface area contributed by atoms with E-state index in [9.17, 15) is 0 Å². The quantitative estimate of drug-likeness (QED) is 0.396. The van der Waals surface area contributed by atoms with Gasteiger partial charge in [-0.25, -0.2) is 4.98 Å². The summed E-state index contributed by atoms with van der Waals surface area (Å²) in [5, 5.41) is 0. The molecule has 0 fully saturated rings. The first kappa shape index (κ1) is 18.8. The van der Waals surface area contributed by atoms with E-state index in [4.69, 9.17) is 24.3 Å². The predicted molar refractivity (Wildman–Crippen MR) is 124 cm³/mol. The molecule has 0 saturated carbocycles. The van der Waals surface area contributed by atoms with E-state index in [0.717, 1.165) is 50.3 Å². The number of benzene rings is 3. The van der Waals surface area contributed by atoms with Crippen molar-refractivity contribution < 1.29 is 0 Å². The normalized spacial score (nSPS) is 9.90. The van der Waals surface area contributed by atoms with E-state index in [0.29, 0.717) is 0 Å². The lowest BCUT2D eigenvalue weighted by molar-refractivity contribution is 1.32. The Morgan fingerprint density at radius 3 is 1.10 bits per heavy atom. The van der Waals surface area contributed by atoms with Crippen LogP contribution in [0, 0.1) is 37.0 Å². The fourth-order valence-electron chi connectivity index (χ4n) is 3.23. The van der Waals surface area contributed by atoms with E-state index in [-0.39, 0.29) is 0 Å². The average molecular weight is 379 g/mol. The van der Waals surface area contributed by atoms with Gasteiger partial charge in [-0.1, -0.05) is 54.2 Å². The molecule has 0 amide bonds.